The Morgan fingerprint density at radius 1 is 1.70 bits per heavy atom. The summed E-state index contributed by atoms with van der Waals surface area (Å²) in [5.74, 6) is 0. The minimum Gasteiger partial charge on any atom is -0.380 e. The van der Waals surface area contributed by atoms with E-state index in [1.807, 2.05) is 11.9 Å². The lowest BCUT2D eigenvalue weighted by molar-refractivity contribution is 0.180. The van der Waals surface area contributed by atoms with Crippen LogP contribution < -0.4 is 0 Å². The Kier molecular flexibility index (Phi) is 3.52. The molecule has 1 unspecified atom stereocenters. The largest absolute Gasteiger partial charge is 0.380 e. The molecule has 0 radical (unpaired) electrons. The highest BCUT2D eigenvalue weighted by Crippen LogP contribution is 2.17. The SMILES string of the molecule is CCN(SC)C1CCOC1. The van der Waals surface area contributed by atoms with E-state index >= 15 is 0 Å². The molecule has 1 saturated heterocycles. The van der Waals surface area contributed by atoms with Gasteiger partial charge in [-0.1, -0.05) is 18.9 Å². The summed E-state index contributed by atoms with van der Waals surface area (Å²) in [6.07, 6.45) is 3.33. The van der Waals surface area contributed by atoms with E-state index in [-0.39, 0.29) is 0 Å². The molecule has 0 spiro atoms. The van der Waals surface area contributed by atoms with Gasteiger partial charge in [-0.3, -0.25) is 0 Å². The number of ether oxygens (including phenoxy) is 1. The third-order valence-corrected chi connectivity index (χ3v) is 2.88. The molecule has 1 atom stereocenters. The Hall–Kier alpha value is 0.270. The van der Waals surface area contributed by atoms with Gasteiger partial charge in [-0.05, 0) is 12.7 Å². The van der Waals surface area contributed by atoms with Crippen molar-refractivity contribution in [1.29, 1.82) is 0 Å². The summed E-state index contributed by atoms with van der Waals surface area (Å²) in [6, 6.07) is 0.667. The topological polar surface area (TPSA) is 12.5 Å². The molecule has 1 heterocycles. The van der Waals surface area contributed by atoms with Crippen LogP contribution in [0.1, 0.15) is 13.3 Å². The molecule has 3 heteroatoms. The zero-order valence-corrected chi connectivity index (χ0v) is 7.49. The molecule has 0 saturated carbocycles. The molecule has 0 aromatic heterocycles. The van der Waals surface area contributed by atoms with Crippen LogP contribution in [0.4, 0.5) is 0 Å². The van der Waals surface area contributed by atoms with Gasteiger partial charge in [-0.25, -0.2) is 4.31 Å². The maximum Gasteiger partial charge on any atom is 0.0632 e. The summed E-state index contributed by atoms with van der Waals surface area (Å²) in [7, 11) is 0. The van der Waals surface area contributed by atoms with E-state index in [1.54, 1.807) is 0 Å². The minimum atomic E-state index is 0.667. The van der Waals surface area contributed by atoms with Crippen molar-refractivity contribution in [3.63, 3.8) is 0 Å². The first-order valence-corrected chi connectivity index (χ1v) is 4.95. The normalized spacial score (nSPS) is 26.1. The van der Waals surface area contributed by atoms with Crippen LogP contribution in [0, 0.1) is 0 Å². The Morgan fingerprint density at radius 2 is 2.50 bits per heavy atom. The summed E-state index contributed by atoms with van der Waals surface area (Å²) >= 11 is 1.82. The standard InChI is InChI=1S/C7H15NOS/c1-3-8(10-2)7-4-5-9-6-7/h7H,3-6H2,1-2H3. The van der Waals surface area contributed by atoms with Crippen LogP contribution in [0.3, 0.4) is 0 Å². The van der Waals surface area contributed by atoms with Gasteiger partial charge >= 0.3 is 0 Å². The number of likely N-dealkylation sites (N-methyl/N-ethyl adjacent to an activating group) is 1. The lowest BCUT2D eigenvalue weighted by atomic mass is 10.3. The maximum absolute atomic E-state index is 5.29. The first-order chi connectivity index (χ1) is 4.88. The highest BCUT2D eigenvalue weighted by molar-refractivity contribution is 7.96. The number of rotatable bonds is 3. The quantitative estimate of drug-likeness (QED) is 0.580. The van der Waals surface area contributed by atoms with Crippen LogP contribution in [0.15, 0.2) is 0 Å². The van der Waals surface area contributed by atoms with Crippen molar-refractivity contribution in [2.45, 2.75) is 19.4 Å². The summed E-state index contributed by atoms with van der Waals surface area (Å²) in [5.41, 5.74) is 0. The fraction of sp³-hybridized carbons (Fsp3) is 1.00. The minimum absolute atomic E-state index is 0.667. The average molecular weight is 161 g/mol. The average Bonchev–Trinajstić information content (AvgIpc) is 2.43. The molecule has 1 rings (SSSR count). The lowest BCUT2D eigenvalue weighted by Gasteiger charge is -2.22. The molecule has 0 N–H and O–H groups in total. The van der Waals surface area contributed by atoms with Crippen LogP contribution in [0.25, 0.3) is 0 Å². The van der Waals surface area contributed by atoms with Gasteiger partial charge < -0.3 is 4.74 Å². The second kappa shape index (κ2) is 4.21. The number of nitrogens with zero attached hydrogens (tertiary/aromatic N) is 1. The predicted molar refractivity (Wildman–Crippen MR) is 45.1 cm³/mol. The van der Waals surface area contributed by atoms with Crippen molar-refractivity contribution < 1.29 is 4.74 Å². The summed E-state index contributed by atoms with van der Waals surface area (Å²) in [5, 5.41) is 0. The summed E-state index contributed by atoms with van der Waals surface area (Å²) in [4.78, 5) is 0. The second-order valence-corrected chi connectivity index (χ2v) is 3.27. The molecular weight excluding hydrogens is 146 g/mol. The second-order valence-electron chi connectivity index (χ2n) is 2.43. The fourth-order valence-electron chi connectivity index (χ4n) is 1.29. The van der Waals surface area contributed by atoms with Gasteiger partial charge in [0.05, 0.1) is 6.61 Å². The third-order valence-electron chi connectivity index (χ3n) is 1.86. The van der Waals surface area contributed by atoms with Crippen molar-refractivity contribution in [2.75, 3.05) is 26.0 Å². The van der Waals surface area contributed by atoms with Crippen molar-refractivity contribution >= 4 is 11.9 Å². The van der Waals surface area contributed by atoms with Crippen LogP contribution in [-0.4, -0.2) is 36.4 Å². The smallest absolute Gasteiger partial charge is 0.0632 e. The molecule has 0 amide bonds. The summed E-state index contributed by atoms with van der Waals surface area (Å²) < 4.78 is 7.67. The molecule has 1 fully saturated rings. The first-order valence-electron chi connectivity index (χ1n) is 3.77. The zero-order chi connectivity index (χ0) is 7.40. The van der Waals surface area contributed by atoms with Crippen molar-refractivity contribution in [1.82, 2.24) is 4.31 Å². The predicted octanol–water partition coefficient (Wildman–Crippen LogP) is 1.38. The van der Waals surface area contributed by atoms with Crippen molar-refractivity contribution in [2.24, 2.45) is 0 Å². The van der Waals surface area contributed by atoms with E-state index in [0.717, 1.165) is 19.8 Å². The molecule has 0 bridgehead atoms. The Labute approximate surface area is 67.1 Å². The zero-order valence-electron chi connectivity index (χ0n) is 6.67. The van der Waals surface area contributed by atoms with Crippen LogP contribution >= 0.6 is 11.9 Å². The highest BCUT2D eigenvalue weighted by Gasteiger charge is 2.20. The molecule has 2 nitrogen and oxygen atoms in total. The van der Waals surface area contributed by atoms with E-state index in [2.05, 4.69) is 17.5 Å². The molecule has 1 aliphatic heterocycles. The molecular formula is C7H15NOS. The molecule has 0 aromatic carbocycles. The van der Waals surface area contributed by atoms with Gasteiger partial charge in [0.1, 0.15) is 0 Å². The Morgan fingerprint density at radius 3 is 2.90 bits per heavy atom. The maximum atomic E-state index is 5.29. The van der Waals surface area contributed by atoms with Crippen molar-refractivity contribution in [3.8, 4) is 0 Å². The van der Waals surface area contributed by atoms with Gasteiger partial charge in [-0.15, -0.1) is 0 Å². The molecule has 60 valence electrons. The van der Waals surface area contributed by atoms with E-state index in [4.69, 9.17) is 4.74 Å². The van der Waals surface area contributed by atoms with Gasteiger partial charge in [0.15, 0.2) is 0 Å². The first kappa shape index (κ1) is 8.37. The van der Waals surface area contributed by atoms with Gasteiger partial charge in [-0.2, -0.15) is 0 Å². The van der Waals surface area contributed by atoms with Gasteiger partial charge in [0.2, 0.25) is 0 Å². The van der Waals surface area contributed by atoms with E-state index in [0.29, 0.717) is 6.04 Å². The van der Waals surface area contributed by atoms with E-state index < -0.39 is 0 Å². The van der Waals surface area contributed by atoms with Crippen molar-refractivity contribution in [3.05, 3.63) is 0 Å². The van der Waals surface area contributed by atoms with Gasteiger partial charge in [0.25, 0.3) is 0 Å². The molecule has 0 aliphatic carbocycles. The third kappa shape index (κ3) is 1.87. The fourth-order valence-corrected chi connectivity index (χ4v) is 2.01. The molecule has 0 aromatic rings. The van der Waals surface area contributed by atoms with Crippen LogP contribution in [0.2, 0.25) is 0 Å². The Bertz CT molecular complexity index is 89.6. The highest BCUT2D eigenvalue weighted by atomic mass is 32.2. The Balaban J connectivity index is 2.29. The van der Waals surface area contributed by atoms with Crippen LogP contribution in [0.5, 0.6) is 0 Å². The monoisotopic (exact) mass is 161 g/mol. The van der Waals surface area contributed by atoms with Crippen LogP contribution in [-0.2, 0) is 4.74 Å². The van der Waals surface area contributed by atoms with E-state index in [1.165, 1.54) is 6.42 Å². The summed E-state index contributed by atoms with van der Waals surface area (Å²) in [6.45, 7) is 5.18. The molecule has 10 heavy (non-hydrogen) atoms. The number of hydrogen-bond acceptors (Lipinski definition) is 3. The number of hydrogen-bond donors (Lipinski definition) is 0. The van der Waals surface area contributed by atoms with Gasteiger partial charge in [0, 0.05) is 19.2 Å². The molecule has 1 aliphatic rings. The lowest BCUT2D eigenvalue weighted by Crippen LogP contribution is -2.28. The van der Waals surface area contributed by atoms with E-state index in [9.17, 15) is 0 Å².